The molecule has 1 unspecified atom stereocenters. The molecular formula is C23H28N4O. The summed E-state index contributed by atoms with van der Waals surface area (Å²) in [6.07, 6.45) is 0. The highest BCUT2D eigenvalue weighted by atomic mass is 16.2. The lowest BCUT2D eigenvalue weighted by Gasteiger charge is -2.29. The second kappa shape index (κ2) is 8.85. The number of aryl methyl sites for hydroxylation is 2. The molecule has 5 nitrogen and oxygen atoms in total. The smallest absolute Gasteiger partial charge is 0.246 e. The summed E-state index contributed by atoms with van der Waals surface area (Å²) in [6.45, 7) is 9.76. The lowest BCUT2D eigenvalue weighted by atomic mass is 10.0. The summed E-state index contributed by atoms with van der Waals surface area (Å²) in [6, 6.07) is 19.5. The number of hydrogen-bond acceptors (Lipinski definition) is 3. The predicted octanol–water partition coefficient (Wildman–Crippen LogP) is 4.51. The Bertz CT molecular complexity index is 929. The standard InChI is InChI=1S/C23H28N4O/c1-5-26(6-2)22(19-11-8-7-9-12-19)23(28)24-20-13-10-14-21(16-20)27-18(4)15-17(3)25-27/h7-16,22H,5-6H2,1-4H3,(H,24,28). The maximum absolute atomic E-state index is 13.2. The van der Waals surface area contributed by atoms with E-state index in [1.807, 2.05) is 79.2 Å². The number of likely N-dealkylation sites (N-methyl/N-ethyl adjacent to an activating group) is 1. The van der Waals surface area contributed by atoms with Crippen LogP contribution in [0.1, 0.15) is 36.8 Å². The van der Waals surface area contributed by atoms with Crippen LogP contribution in [0.15, 0.2) is 60.7 Å². The zero-order valence-electron chi connectivity index (χ0n) is 17.0. The van der Waals surface area contributed by atoms with Crippen LogP contribution < -0.4 is 5.32 Å². The molecule has 0 fully saturated rings. The summed E-state index contributed by atoms with van der Waals surface area (Å²) in [5, 5.41) is 7.64. The Kier molecular flexibility index (Phi) is 6.26. The van der Waals surface area contributed by atoms with Crippen LogP contribution in [0.25, 0.3) is 5.69 Å². The maximum Gasteiger partial charge on any atom is 0.246 e. The molecular weight excluding hydrogens is 348 g/mol. The molecule has 146 valence electrons. The van der Waals surface area contributed by atoms with E-state index in [0.717, 1.165) is 41.4 Å². The third-order valence-electron chi connectivity index (χ3n) is 4.91. The van der Waals surface area contributed by atoms with Crippen LogP contribution in [-0.2, 0) is 4.79 Å². The number of carbonyl (C=O) groups is 1. The van der Waals surface area contributed by atoms with Gasteiger partial charge in [0.2, 0.25) is 5.91 Å². The molecule has 5 heteroatoms. The molecule has 1 aromatic heterocycles. The molecule has 3 aromatic rings. The van der Waals surface area contributed by atoms with E-state index in [2.05, 4.69) is 29.2 Å². The molecule has 1 amide bonds. The number of hydrogen-bond donors (Lipinski definition) is 1. The predicted molar refractivity (Wildman–Crippen MR) is 114 cm³/mol. The van der Waals surface area contributed by atoms with Gasteiger partial charge in [-0.05, 0) is 56.8 Å². The first-order valence-corrected chi connectivity index (χ1v) is 9.77. The van der Waals surface area contributed by atoms with Crippen LogP contribution in [0.4, 0.5) is 5.69 Å². The number of carbonyl (C=O) groups excluding carboxylic acids is 1. The quantitative estimate of drug-likeness (QED) is 0.660. The van der Waals surface area contributed by atoms with Crippen molar-refractivity contribution in [2.75, 3.05) is 18.4 Å². The van der Waals surface area contributed by atoms with E-state index in [9.17, 15) is 4.79 Å². The molecule has 1 atom stereocenters. The largest absolute Gasteiger partial charge is 0.324 e. The molecule has 2 aromatic carbocycles. The van der Waals surface area contributed by atoms with Gasteiger partial charge in [-0.3, -0.25) is 9.69 Å². The molecule has 0 saturated carbocycles. The molecule has 1 N–H and O–H groups in total. The molecule has 0 saturated heterocycles. The van der Waals surface area contributed by atoms with E-state index < -0.39 is 0 Å². The second-order valence-electron chi connectivity index (χ2n) is 6.91. The van der Waals surface area contributed by atoms with Crippen molar-refractivity contribution in [2.24, 2.45) is 0 Å². The monoisotopic (exact) mass is 376 g/mol. The van der Waals surface area contributed by atoms with Crippen molar-refractivity contribution >= 4 is 11.6 Å². The van der Waals surface area contributed by atoms with Gasteiger partial charge < -0.3 is 5.32 Å². The van der Waals surface area contributed by atoms with E-state index >= 15 is 0 Å². The minimum Gasteiger partial charge on any atom is -0.324 e. The Labute approximate surface area is 167 Å². The van der Waals surface area contributed by atoms with E-state index in [-0.39, 0.29) is 11.9 Å². The zero-order valence-corrected chi connectivity index (χ0v) is 17.0. The normalized spacial score (nSPS) is 12.2. The van der Waals surface area contributed by atoms with Crippen LogP contribution in [0.3, 0.4) is 0 Å². The third kappa shape index (κ3) is 4.31. The Morgan fingerprint density at radius 2 is 1.75 bits per heavy atom. The van der Waals surface area contributed by atoms with Gasteiger partial charge in [0.25, 0.3) is 0 Å². The van der Waals surface area contributed by atoms with Crippen LogP contribution in [0.5, 0.6) is 0 Å². The minimum absolute atomic E-state index is 0.0274. The Morgan fingerprint density at radius 1 is 1.04 bits per heavy atom. The second-order valence-corrected chi connectivity index (χ2v) is 6.91. The van der Waals surface area contributed by atoms with Crippen molar-refractivity contribution in [2.45, 2.75) is 33.7 Å². The average Bonchev–Trinajstić information content (AvgIpc) is 3.04. The highest BCUT2D eigenvalue weighted by Crippen LogP contribution is 2.24. The van der Waals surface area contributed by atoms with Crippen molar-refractivity contribution in [1.29, 1.82) is 0 Å². The Hall–Kier alpha value is -2.92. The van der Waals surface area contributed by atoms with Crippen molar-refractivity contribution in [3.8, 4) is 5.69 Å². The van der Waals surface area contributed by atoms with Crippen LogP contribution >= 0.6 is 0 Å². The van der Waals surface area contributed by atoms with E-state index in [4.69, 9.17) is 0 Å². The van der Waals surface area contributed by atoms with Gasteiger partial charge in [-0.1, -0.05) is 50.2 Å². The number of benzene rings is 2. The number of nitrogens with zero attached hydrogens (tertiary/aromatic N) is 3. The van der Waals surface area contributed by atoms with Gasteiger partial charge in [-0.15, -0.1) is 0 Å². The number of aromatic nitrogens is 2. The third-order valence-corrected chi connectivity index (χ3v) is 4.91. The van der Waals surface area contributed by atoms with Gasteiger partial charge in [0.15, 0.2) is 0 Å². The van der Waals surface area contributed by atoms with Crippen molar-refractivity contribution < 1.29 is 4.79 Å². The molecule has 3 rings (SSSR count). The summed E-state index contributed by atoms with van der Waals surface area (Å²) >= 11 is 0. The van der Waals surface area contributed by atoms with Gasteiger partial charge in [0.1, 0.15) is 6.04 Å². The van der Waals surface area contributed by atoms with Crippen molar-refractivity contribution in [3.05, 3.63) is 77.6 Å². The topological polar surface area (TPSA) is 50.2 Å². The molecule has 0 aliphatic rings. The first kappa shape index (κ1) is 19.8. The summed E-state index contributed by atoms with van der Waals surface area (Å²) < 4.78 is 1.89. The molecule has 0 radical (unpaired) electrons. The number of amides is 1. The lowest BCUT2D eigenvalue weighted by molar-refractivity contribution is -0.121. The fourth-order valence-electron chi connectivity index (χ4n) is 3.57. The molecule has 28 heavy (non-hydrogen) atoms. The highest BCUT2D eigenvalue weighted by Gasteiger charge is 2.25. The molecule has 0 bridgehead atoms. The summed E-state index contributed by atoms with van der Waals surface area (Å²) in [5.41, 5.74) is 4.73. The summed E-state index contributed by atoms with van der Waals surface area (Å²) in [7, 11) is 0. The first-order valence-electron chi connectivity index (χ1n) is 9.77. The molecule has 0 aliphatic heterocycles. The molecule has 0 aliphatic carbocycles. The summed E-state index contributed by atoms with van der Waals surface area (Å²) in [4.78, 5) is 15.4. The lowest BCUT2D eigenvalue weighted by Crippen LogP contribution is -2.37. The van der Waals surface area contributed by atoms with Gasteiger partial charge in [0.05, 0.1) is 11.4 Å². The maximum atomic E-state index is 13.2. The van der Waals surface area contributed by atoms with Crippen LogP contribution in [-0.4, -0.2) is 33.7 Å². The van der Waals surface area contributed by atoms with Crippen molar-refractivity contribution in [1.82, 2.24) is 14.7 Å². The van der Waals surface area contributed by atoms with Gasteiger partial charge >= 0.3 is 0 Å². The van der Waals surface area contributed by atoms with E-state index in [1.165, 1.54) is 0 Å². The van der Waals surface area contributed by atoms with Crippen LogP contribution in [0.2, 0.25) is 0 Å². The first-order chi connectivity index (χ1) is 13.5. The minimum atomic E-state index is -0.325. The van der Waals surface area contributed by atoms with Gasteiger partial charge in [-0.2, -0.15) is 5.10 Å². The molecule has 0 spiro atoms. The van der Waals surface area contributed by atoms with E-state index in [1.54, 1.807) is 0 Å². The Morgan fingerprint density at radius 3 is 2.36 bits per heavy atom. The fraction of sp³-hybridized carbons (Fsp3) is 0.304. The zero-order chi connectivity index (χ0) is 20.1. The Balaban J connectivity index is 1.88. The van der Waals surface area contributed by atoms with Gasteiger partial charge in [0, 0.05) is 11.4 Å². The fourth-order valence-corrected chi connectivity index (χ4v) is 3.57. The van der Waals surface area contributed by atoms with E-state index in [0.29, 0.717) is 0 Å². The molecule has 1 heterocycles. The van der Waals surface area contributed by atoms with Crippen molar-refractivity contribution in [3.63, 3.8) is 0 Å². The SMILES string of the molecule is CCN(CC)C(C(=O)Nc1cccc(-n2nc(C)cc2C)c1)c1ccccc1. The highest BCUT2D eigenvalue weighted by molar-refractivity contribution is 5.95. The number of anilines is 1. The van der Waals surface area contributed by atoms with Gasteiger partial charge in [-0.25, -0.2) is 4.68 Å². The number of nitrogens with one attached hydrogen (secondary N) is 1. The summed E-state index contributed by atoms with van der Waals surface area (Å²) in [5.74, 6) is -0.0274. The van der Waals surface area contributed by atoms with Crippen LogP contribution in [0, 0.1) is 13.8 Å². The average molecular weight is 377 g/mol. The number of rotatable bonds is 7.